The zero-order valence-corrected chi connectivity index (χ0v) is 17.8. The van der Waals surface area contributed by atoms with Crippen LogP contribution in [0.3, 0.4) is 0 Å². The van der Waals surface area contributed by atoms with Gasteiger partial charge in [-0.1, -0.05) is 109 Å². The van der Waals surface area contributed by atoms with Crippen molar-refractivity contribution in [3.63, 3.8) is 0 Å². The van der Waals surface area contributed by atoms with Crippen molar-refractivity contribution in [3.8, 4) is 45.0 Å². The Morgan fingerprint density at radius 2 is 0.879 bits per heavy atom. The maximum absolute atomic E-state index is 9.30. The molecule has 5 aromatic rings. The molecule has 0 radical (unpaired) electrons. The van der Waals surface area contributed by atoms with Crippen molar-refractivity contribution >= 4 is 12.6 Å². The molecule has 0 aliphatic heterocycles. The lowest BCUT2D eigenvalue weighted by Gasteiger charge is -2.10. The van der Waals surface area contributed by atoms with Crippen LogP contribution in [0.1, 0.15) is 0 Å². The zero-order chi connectivity index (χ0) is 22.6. The van der Waals surface area contributed by atoms with Gasteiger partial charge in [-0.25, -0.2) is 9.97 Å². The lowest BCUT2D eigenvalue weighted by Crippen LogP contribution is -2.29. The van der Waals surface area contributed by atoms with Gasteiger partial charge in [-0.15, -0.1) is 0 Å². The molecule has 33 heavy (non-hydrogen) atoms. The summed E-state index contributed by atoms with van der Waals surface area (Å²) in [5.74, 6) is 0.667. The van der Waals surface area contributed by atoms with Crippen LogP contribution in [0.2, 0.25) is 0 Å². The van der Waals surface area contributed by atoms with Gasteiger partial charge in [-0.3, -0.25) is 0 Å². The number of benzene rings is 4. The molecule has 0 fully saturated rings. The first kappa shape index (κ1) is 20.8. The summed E-state index contributed by atoms with van der Waals surface area (Å²) in [6.45, 7) is 0. The fourth-order valence-electron chi connectivity index (χ4n) is 3.75. The van der Waals surface area contributed by atoms with E-state index in [-0.39, 0.29) is 0 Å². The second kappa shape index (κ2) is 9.21. The Hall–Kier alpha value is -4.06. The second-order valence-electron chi connectivity index (χ2n) is 7.77. The summed E-state index contributed by atoms with van der Waals surface area (Å²) < 4.78 is 0. The molecule has 0 saturated carbocycles. The molecule has 2 N–H and O–H groups in total. The van der Waals surface area contributed by atoms with E-state index in [9.17, 15) is 10.0 Å². The van der Waals surface area contributed by atoms with E-state index >= 15 is 0 Å². The van der Waals surface area contributed by atoms with Crippen LogP contribution in [0.4, 0.5) is 0 Å². The summed E-state index contributed by atoms with van der Waals surface area (Å²) in [4.78, 5) is 9.73. The Kier molecular flexibility index (Phi) is 5.81. The third kappa shape index (κ3) is 4.60. The molecule has 0 amide bonds. The lowest BCUT2D eigenvalue weighted by atomic mass is 9.80. The van der Waals surface area contributed by atoms with Gasteiger partial charge in [0.2, 0.25) is 0 Å². The predicted molar refractivity (Wildman–Crippen MR) is 134 cm³/mol. The molecule has 0 aliphatic rings. The summed E-state index contributed by atoms with van der Waals surface area (Å²) in [7, 11) is -1.46. The van der Waals surface area contributed by atoms with Crippen molar-refractivity contribution in [3.05, 3.63) is 115 Å². The number of aromatic nitrogens is 2. The van der Waals surface area contributed by atoms with Gasteiger partial charge >= 0.3 is 7.12 Å². The second-order valence-corrected chi connectivity index (χ2v) is 7.77. The molecule has 0 spiro atoms. The van der Waals surface area contributed by atoms with E-state index in [1.165, 1.54) is 0 Å². The van der Waals surface area contributed by atoms with E-state index in [1.54, 1.807) is 12.1 Å². The van der Waals surface area contributed by atoms with Crippen LogP contribution in [0.25, 0.3) is 45.0 Å². The van der Waals surface area contributed by atoms with Crippen LogP contribution in [0, 0.1) is 0 Å². The molecule has 1 heterocycles. The highest BCUT2D eigenvalue weighted by Gasteiger charge is 2.12. The monoisotopic (exact) mass is 428 g/mol. The molecule has 1 aromatic heterocycles. The Morgan fingerprint density at radius 3 is 1.33 bits per heavy atom. The molecule has 0 bridgehead atoms. The van der Waals surface area contributed by atoms with E-state index in [4.69, 9.17) is 9.97 Å². The van der Waals surface area contributed by atoms with Gasteiger partial charge in [0.1, 0.15) is 0 Å². The molecular weight excluding hydrogens is 407 g/mol. The van der Waals surface area contributed by atoms with Crippen molar-refractivity contribution < 1.29 is 10.0 Å². The van der Waals surface area contributed by atoms with Crippen molar-refractivity contribution in [2.24, 2.45) is 0 Å². The number of hydrogen-bond donors (Lipinski definition) is 2. The predicted octanol–water partition coefficient (Wildman–Crippen LogP) is 4.82. The first-order valence-electron chi connectivity index (χ1n) is 10.7. The Labute approximate surface area is 193 Å². The molecule has 158 valence electrons. The normalized spacial score (nSPS) is 10.7. The standard InChI is InChI=1S/C28H21BN2O2/c32-29(33)25-17-15-21(16-18-25)20-11-13-24(14-12-20)28-30-26(22-7-3-1-4-8-22)19-27(31-28)23-9-5-2-6-10-23/h1-19,32-33H. The van der Waals surface area contributed by atoms with Gasteiger partial charge in [-0.2, -0.15) is 0 Å². The third-order valence-electron chi connectivity index (χ3n) is 5.55. The van der Waals surface area contributed by atoms with Gasteiger partial charge in [-0.05, 0) is 22.7 Å². The molecule has 0 saturated heterocycles. The summed E-state index contributed by atoms with van der Waals surface area (Å²) >= 11 is 0. The van der Waals surface area contributed by atoms with Crippen LogP contribution in [-0.2, 0) is 0 Å². The van der Waals surface area contributed by atoms with E-state index in [0.29, 0.717) is 11.3 Å². The fourth-order valence-corrected chi connectivity index (χ4v) is 3.75. The Bertz CT molecular complexity index is 1300. The zero-order valence-electron chi connectivity index (χ0n) is 17.8. The molecule has 4 aromatic carbocycles. The van der Waals surface area contributed by atoms with E-state index in [1.807, 2.05) is 78.9 Å². The Morgan fingerprint density at radius 1 is 0.455 bits per heavy atom. The van der Waals surface area contributed by atoms with Gasteiger partial charge in [0.25, 0.3) is 0 Å². The van der Waals surface area contributed by atoms with Crippen molar-refractivity contribution in [2.75, 3.05) is 0 Å². The summed E-state index contributed by atoms with van der Waals surface area (Å²) in [6, 6.07) is 37.5. The molecule has 0 unspecified atom stereocenters. The highest BCUT2D eigenvalue weighted by atomic mass is 16.4. The van der Waals surface area contributed by atoms with Crippen molar-refractivity contribution in [1.29, 1.82) is 0 Å². The average molecular weight is 428 g/mol. The first-order chi connectivity index (χ1) is 16.2. The molecule has 0 atom stereocenters. The summed E-state index contributed by atoms with van der Waals surface area (Å²) in [5.41, 5.74) is 7.26. The minimum Gasteiger partial charge on any atom is -0.423 e. The molecule has 0 aliphatic carbocycles. The number of hydrogen-bond acceptors (Lipinski definition) is 4. The first-order valence-corrected chi connectivity index (χ1v) is 10.7. The average Bonchev–Trinajstić information content (AvgIpc) is 2.89. The third-order valence-corrected chi connectivity index (χ3v) is 5.55. The van der Waals surface area contributed by atoms with Gasteiger partial charge in [0.05, 0.1) is 11.4 Å². The number of nitrogens with zero attached hydrogens (tertiary/aromatic N) is 2. The summed E-state index contributed by atoms with van der Waals surface area (Å²) in [6.07, 6.45) is 0. The molecule has 4 nitrogen and oxygen atoms in total. The minimum absolute atomic E-state index is 0.468. The number of rotatable bonds is 5. The Balaban J connectivity index is 1.54. The maximum atomic E-state index is 9.30. The van der Waals surface area contributed by atoms with Crippen molar-refractivity contribution in [1.82, 2.24) is 9.97 Å². The SMILES string of the molecule is OB(O)c1ccc(-c2ccc(-c3nc(-c4ccccc4)cc(-c4ccccc4)n3)cc2)cc1. The largest absolute Gasteiger partial charge is 0.488 e. The van der Waals surface area contributed by atoms with Gasteiger partial charge < -0.3 is 10.0 Å². The maximum Gasteiger partial charge on any atom is 0.488 e. The van der Waals surface area contributed by atoms with E-state index < -0.39 is 7.12 Å². The van der Waals surface area contributed by atoms with Gasteiger partial charge in [0.15, 0.2) is 5.82 Å². The van der Waals surface area contributed by atoms with Crippen LogP contribution in [0.15, 0.2) is 115 Å². The minimum atomic E-state index is -1.46. The quantitative estimate of drug-likeness (QED) is 0.394. The smallest absolute Gasteiger partial charge is 0.423 e. The van der Waals surface area contributed by atoms with Crippen LogP contribution in [-0.4, -0.2) is 27.1 Å². The van der Waals surface area contributed by atoms with Crippen LogP contribution < -0.4 is 5.46 Å². The highest BCUT2D eigenvalue weighted by Crippen LogP contribution is 2.28. The molecule has 5 rings (SSSR count). The van der Waals surface area contributed by atoms with Gasteiger partial charge in [0, 0.05) is 16.7 Å². The highest BCUT2D eigenvalue weighted by molar-refractivity contribution is 6.58. The van der Waals surface area contributed by atoms with E-state index in [0.717, 1.165) is 39.2 Å². The topological polar surface area (TPSA) is 66.2 Å². The van der Waals surface area contributed by atoms with Crippen LogP contribution in [0.5, 0.6) is 0 Å². The van der Waals surface area contributed by atoms with E-state index in [2.05, 4.69) is 24.3 Å². The summed E-state index contributed by atoms with van der Waals surface area (Å²) in [5, 5.41) is 18.6. The fraction of sp³-hybridized carbons (Fsp3) is 0. The lowest BCUT2D eigenvalue weighted by molar-refractivity contribution is 0.426. The van der Waals surface area contributed by atoms with Crippen molar-refractivity contribution in [2.45, 2.75) is 0 Å². The van der Waals surface area contributed by atoms with Crippen LogP contribution >= 0.6 is 0 Å². The molecular formula is C28H21BN2O2. The molecule has 5 heteroatoms.